The second-order valence-electron chi connectivity index (χ2n) is 7.95. The van der Waals surface area contributed by atoms with Gasteiger partial charge in [0.2, 0.25) is 5.91 Å². The summed E-state index contributed by atoms with van der Waals surface area (Å²) in [5.41, 5.74) is 2.25. The van der Waals surface area contributed by atoms with E-state index in [1.165, 1.54) is 16.2 Å². The van der Waals surface area contributed by atoms with E-state index in [0.29, 0.717) is 26.4 Å². The smallest absolute Gasteiger partial charge is 0.341 e. The lowest BCUT2D eigenvalue weighted by Gasteiger charge is -2.14. The third-order valence-electron chi connectivity index (χ3n) is 5.57. The van der Waals surface area contributed by atoms with Crippen molar-refractivity contribution in [3.8, 4) is 5.75 Å². The second kappa shape index (κ2) is 11.4. The highest BCUT2D eigenvalue weighted by Gasteiger charge is 2.34. The average molecular weight is 531 g/mol. The predicted molar refractivity (Wildman–Crippen MR) is 143 cm³/mol. The minimum atomic E-state index is -0.425. The van der Waals surface area contributed by atoms with Gasteiger partial charge in [0.25, 0.3) is 5.91 Å². The summed E-state index contributed by atoms with van der Waals surface area (Å²) in [6.45, 7) is 4.28. The number of thiophene rings is 1. The number of esters is 1. The van der Waals surface area contributed by atoms with Crippen molar-refractivity contribution in [1.82, 2.24) is 4.90 Å². The molecule has 1 aliphatic carbocycles. The van der Waals surface area contributed by atoms with Crippen LogP contribution in [0.1, 0.15) is 53.1 Å². The largest absolute Gasteiger partial charge is 0.494 e. The Hall–Kier alpha value is -2.69. The molecular weight excluding hydrogens is 504 g/mol. The van der Waals surface area contributed by atoms with Gasteiger partial charge in [-0.3, -0.25) is 14.5 Å². The summed E-state index contributed by atoms with van der Waals surface area (Å²) in [4.78, 5) is 41.4. The van der Waals surface area contributed by atoms with Crippen LogP contribution in [0.4, 0.5) is 5.00 Å². The Labute approximate surface area is 217 Å². The van der Waals surface area contributed by atoms with E-state index in [1.807, 2.05) is 31.2 Å². The Balaban J connectivity index is 1.47. The van der Waals surface area contributed by atoms with Gasteiger partial charge in [-0.2, -0.15) is 0 Å². The molecule has 0 unspecified atom stereocenters. The molecule has 7 nitrogen and oxygen atoms in total. The Bertz CT molecular complexity index is 1190. The molecule has 2 aliphatic rings. The summed E-state index contributed by atoms with van der Waals surface area (Å²) in [7, 11) is 0. The standard InChI is InChI=1S/C25H26N2O5S3/c1-3-31-16-11-9-15(10-12-16)13-19-23(29)27(25(33)35-19)14-20(28)26-22-21(24(30)32-4-2)17-7-5-6-8-18(17)34-22/h9-13H,3-8,14H2,1-2H3,(H,26,28)/b19-13-. The van der Waals surface area contributed by atoms with Crippen molar-refractivity contribution in [3.05, 3.63) is 50.7 Å². The zero-order valence-electron chi connectivity index (χ0n) is 19.5. The summed E-state index contributed by atoms with van der Waals surface area (Å²) < 4.78 is 11.0. The summed E-state index contributed by atoms with van der Waals surface area (Å²) in [6.07, 6.45) is 5.48. The van der Waals surface area contributed by atoms with Crippen molar-refractivity contribution in [2.24, 2.45) is 0 Å². The predicted octanol–water partition coefficient (Wildman–Crippen LogP) is 5.04. The molecule has 1 aliphatic heterocycles. The van der Waals surface area contributed by atoms with Gasteiger partial charge in [-0.1, -0.05) is 36.1 Å². The molecule has 0 radical (unpaired) electrons. The Morgan fingerprint density at radius 3 is 2.60 bits per heavy atom. The van der Waals surface area contributed by atoms with Crippen LogP contribution in [0.15, 0.2) is 29.2 Å². The van der Waals surface area contributed by atoms with Gasteiger partial charge in [0.05, 0.1) is 23.7 Å². The number of hydrogen-bond acceptors (Lipinski definition) is 8. The number of carbonyl (C=O) groups excluding carboxylic acids is 3. The normalized spacial score (nSPS) is 16.4. The molecule has 1 fully saturated rings. The number of anilines is 1. The number of aryl methyl sites for hydroxylation is 1. The molecule has 0 saturated carbocycles. The van der Waals surface area contributed by atoms with E-state index in [2.05, 4.69) is 5.32 Å². The SMILES string of the molecule is CCOC(=O)c1c(NC(=O)CN2C(=O)/C(=C/c3ccc(OCC)cc3)SC2=S)sc2c1CCCC2. The van der Waals surface area contributed by atoms with Crippen LogP contribution < -0.4 is 10.1 Å². The fraction of sp³-hybridized carbons (Fsp3) is 0.360. The number of amides is 2. The molecule has 0 bridgehead atoms. The second-order valence-corrected chi connectivity index (χ2v) is 10.7. The molecule has 1 N–H and O–H groups in total. The van der Waals surface area contributed by atoms with E-state index in [0.717, 1.165) is 59.2 Å². The van der Waals surface area contributed by atoms with Gasteiger partial charge in [0.15, 0.2) is 0 Å². The Morgan fingerprint density at radius 2 is 1.89 bits per heavy atom. The van der Waals surface area contributed by atoms with Gasteiger partial charge >= 0.3 is 5.97 Å². The fourth-order valence-corrected chi connectivity index (χ4v) is 6.55. The van der Waals surface area contributed by atoms with Gasteiger partial charge < -0.3 is 14.8 Å². The molecule has 1 saturated heterocycles. The molecule has 0 atom stereocenters. The summed E-state index contributed by atoms with van der Waals surface area (Å²) in [5, 5.41) is 3.32. The topological polar surface area (TPSA) is 84.9 Å². The van der Waals surface area contributed by atoms with Crippen LogP contribution in [0.3, 0.4) is 0 Å². The fourth-order valence-electron chi connectivity index (χ4n) is 4.00. The molecule has 2 heterocycles. The maximum atomic E-state index is 13.0. The van der Waals surface area contributed by atoms with Crippen LogP contribution >= 0.6 is 35.3 Å². The van der Waals surface area contributed by atoms with E-state index < -0.39 is 11.9 Å². The third kappa shape index (κ3) is 5.76. The number of nitrogens with one attached hydrogen (secondary N) is 1. The Kier molecular flexibility index (Phi) is 8.25. The quantitative estimate of drug-likeness (QED) is 0.291. The van der Waals surface area contributed by atoms with Crippen LogP contribution in [0.25, 0.3) is 6.08 Å². The number of carbonyl (C=O) groups is 3. The van der Waals surface area contributed by atoms with E-state index in [-0.39, 0.29) is 19.1 Å². The number of hydrogen-bond donors (Lipinski definition) is 1. The highest BCUT2D eigenvalue weighted by Crippen LogP contribution is 2.39. The molecule has 184 valence electrons. The third-order valence-corrected chi connectivity index (χ3v) is 8.15. The number of fused-ring (bicyclic) bond motifs is 1. The first-order valence-electron chi connectivity index (χ1n) is 11.5. The van der Waals surface area contributed by atoms with Crippen LogP contribution in [-0.2, 0) is 27.2 Å². The minimum absolute atomic E-state index is 0.226. The maximum absolute atomic E-state index is 13.0. The average Bonchev–Trinajstić information content (AvgIpc) is 3.32. The molecule has 0 spiro atoms. The lowest BCUT2D eigenvalue weighted by molar-refractivity contribution is -0.126. The van der Waals surface area contributed by atoms with E-state index in [1.54, 1.807) is 13.0 Å². The number of benzene rings is 1. The molecular formula is C25H26N2O5S3. The monoisotopic (exact) mass is 530 g/mol. The molecule has 1 aromatic carbocycles. The summed E-state index contributed by atoms with van der Waals surface area (Å²) >= 11 is 7.95. The Morgan fingerprint density at radius 1 is 1.14 bits per heavy atom. The van der Waals surface area contributed by atoms with Crippen LogP contribution in [0.5, 0.6) is 5.75 Å². The molecule has 35 heavy (non-hydrogen) atoms. The van der Waals surface area contributed by atoms with Gasteiger partial charge in [0.1, 0.15) is 21.6 Å². The first kappa shape index (κ1) is 25.4. The van der Waals surface area contributed by atoms with Gasteiger partial charge in [0, 0.05) is 4.88 Å². The number of thioether (sulfide) groups is 1. The van der Waals surface area contributed by atoms with Crippen LogP contribution in [0, 0.1) is 0 Å². The van der Waals surface area contributed by atoms with Crippen LogP contribution in [0.2, 0.25) is 0 Å². The molecule has 4 rings (SSSR count). The molecule has 10 heteroatoms. The highest BCUT2D eigenvalue weighted by atomic mass is 32.2. The van der Waals surface area contributed by atoms with Crippen molar-refractivity contribution in [2.45, 2.75) is 39.5 Å². The van der Waals surface area contributed by atoms with E-state index in [9.17, 15) is 14.4 Å². The first-order chi connectivity index (χ1) is 16.9. The van der Waals surface area contributed by atoms with Gasteiger partial charge in [-0.15, -0.1) is 11.3 Å². The number of rotatable bonds is 8. The van der Waals surface area contributed by atoms with E-state index >= 15 is 0 Å². The first-order valence-corrected chi connectivity index (χ1v) is 13.5. The van der Waals surface area contributed by atoms with Crippen molar-refractivity contribution >= 4 is 68.5 Å². The van der Waals surface area contributed by atoms with Crippen molar-refractivity contribution < 1.29 is 23.9 Å². The minimum Gasteiger partial charge on any atom is -0.494 e. The lowest BCUT2D eigenvalue weighted by Crippen LogP contribution is -2.36. The van der Waals surface area contributed by atoms with Crippen molar-refractivity contribution in [1.29, 1.82) is 0 Å². The van der Waals surface area contributed by atoms with Crippen molar-refractivity contribution in [3.63, 3.8) is 0 Å². The zero-order valence-corrected chi connectivity index (χ0v) is 22.0. The number of thiocarbonyl (C=S) groups is 1. The molecule has 2 aromatic rings. The van der Waals surface area contributed by atoms with Gasteiger partial charge in [-0.05, 0) is 68.9 Å². The van der Waals surface area contributed by atoms with E-state index in [4.69, 9.17) is 21.7 Å². The summed E-state index contributed by atoms with van der Waals surface area (Å²) in [6, 6.07) is 7.40. The maximum Gasteiger partial charge on any atom is 0.341 e. The number of nitrogens with zero attached hydrogens (tertiary/aromatic N) is 1. The lowest BCUT2D eigenvalue weighted by atomic mass is 9.95. The zero-order chi connectivity index (χ0) is 24.9. The summed E-state index contributed by atoms with van der Waals surface area (Å²) in [5.74, 6) is -0.398. The van der Waals surface area contributed by atoms with Crippen LogP contribution in [-0.4, -0.2) is 46.8 Å². The highest BCUT2D eigenvalue weighted by molar-refractivity contribution is 8.26. The van der Waals surface area contributed by atoms with Crippen molar-refractivity contribution in [2.75, 3.05) is 25.1 Å². The molecule has 1 aromatic heterocycles. The van der Waals surface area contributed by atoms with Gasteiger partial charge in [-0.25, -0.2) is 4.79 Å². The number of ether oxygens (including phenoxy) is 2. The molecule has 2 amide bonds.